The number of aldehydes is 1. The number of fused-ring (bicyclic) bond motifs is 3. The van der Waals surface area contributed by atoms with Crippen LogP contribution < -0.4 is 4.74 Å². The van der Waals surface area contributed by atoms with Gasteiger partial charge in [-0.05, 0) is 77.0 Å². The summed E-state index contributed by atoms with van der Waals surface area (Å²) in [6.45, 7) is 10.2. The Morgan fingerprint density at radius 3 is 2.72 bits per heavy atom. The fraction of sp³-hybridized carbons (Fsp3) is 0.667. The van der Waals surface area contributed by atoms with Crippen LogP contribution >= 0.6 is 0 Å². The zero-order valence-corrected chi connectivity index (χ0v) is 18.3. The summed E-state index contributed by atoms with van der Waals surface area (Å²) >= 11 is 0. The predicted octanol–water partition coefficient (Wildman–Crippen LogP) is 4.88. The van der Waals surface area contributed by atoms with Crippen molar-refractivity contribution in [1.29, 1.82) is 0 Å². The number of phenols is 1. The summed E-state index contributed by atoms with van der Waals surface area (Å²) in [6.07, 6.45) is 5.32. The number of ether oxygens (including phenoxy) is 2. The van der Waals surface area contributed by atoms with Crippen LogP contribution in [0.25, 0.3) is 0 Å². The lowest BCUT2D eigenvalue weighted by molar-refractivity contribution is -0.149. The number of hydrogen-bond donors (Lipinski definition) is 1. The van der Waals surface area contributed by atoms with Crippen LogP contribution in [0.15, 0.2) is 12.1 Å². The molecule has 0 bridgehead atoms. The molecule has 5 nitrogen and oxygen atoms in total. The molecule has 5 heteroatoms. The van der Waals surface area contributed by atoms with Crippen molar-refractivity contribution < 1.29 is 24.2 Å². The van der Waals surface area contributed by atoms with Crippen LogP contribution in [0.4, 0.5) is 0 Å². The fourth-order valence-corrected chi connectivity index (χ4v) is 4.87. The maximum atomic E-state index is 12.7. The van der Waals surface area contributed by atoms with E-state index in [-0.39, 0.29) is 29.5 Å². The second-order valence-electron chi connectivity index (χ2n) is 9.65. The Bertz CT molecular complexity index is 780. The Morgan fingerprint density at radius 1 is 1.34 bits per heavy atom. The minimum absolute atomic E-state index is 0.0158. The average Bonchev–Trinajstić information content (AvgIpc) is 2.66. The molecule has 160 valence electrons. The molecule has 0 radical (unpaired) electrons. The smallest absolute Gasteiger partial charge is 0.315 e. The first-order valence-electron chi connectivity index (χ1n) is 10.8. The van der Waals surface area contributed by atoms with Crippen LogP contribution in [0.3, 0.4) is 0 Å². The van der Waals surface area contributed by atoms with Gasteiger partial charge in [0.2, 0.25) is 0 Å². The molecule has 3 atom stereocenters. The average molecular weight is 403 g/mol. The van der Waals surface area contributed by atoms with E-state index >= 15 is 0 Å². The van der Waals surface area contributed by atoms with Crippen molar-refractivity contribution in [2.45, 2.75) is 83.7 Å². The molecule has 0 unspecified atom stereocenters. The fourth-order valence-electron chi connectivity index (χ4n) is 4.87. The highest BCUT2D eigenvalue weighted by atomic mass is 16.5. The van der Waals surface area contributed by atoms with Crippen LogP contribution in [-0.2, 0) is 19.7 Å². The van der Waals surface area contributed by atoms with E-state index in [1.807, 2.05) is 26.8 Å². The molecule has 1 fully saturated rings. The number of phenolic OH excluding ortho intramolecular Hbond substituents is 1. The van der Waals surface area contributed by atoms with Crippen LogP contribution in [0, 0.1) is 11.8 Å². The molecule has 1 aliphatic carbocycles. The second-order valence-corrected chi connectivity index (χ2v) is 9.65. The van der Waals surface area contributed by atoms with Gasteiger partial charge in [-0.15, -0.1) is 0 Å². The third-order valence-electron chi connectivity index (χ3n) is 6.80. The molecule has 1 heterocycles. The standard InChI is InChI=1S/C24H34O5/c1-6-7-10-28-22(27)23(2,3)16-12-19(26)21-17-11-15(14-25)8-9-18(17)24(4,5)29-20(21)13-16/h12-15,17-18,26H,6-11H2,1-5H3/t15-,17-,18-/m1/s1. The minimum atomic E-state index is -0.900. The SMILES string of the molecule is CCCCOC(=O)C(C)(C)c1cc(O)c2c(c1)OC(C)(C)[C@@H]1CC[C@@H](C=O)C[C@@H]21. The molecule has 0 amide bonds. The third kappa shape index (κ3) is 4.01. The van der Waals surface area contributed by atoms with E-state index in [0.717, 1.165) is 44.0 Å². The second kappa shape index (κ2) is 8.00. The normalized spacial score (nSPS) is 25.3. The van der Waals surface area contributed by atoms with E-state index in [2.05, 4.69) is 13.8 Å². The van der Waals surface area contributed by atoms with Gasteiger partial charge >= 0.3 is 5.97 Å². The zero-order valence-electron chi connectivity index (χ0n) is 18.3. The van der Waals surface area contributed by atoms with E-state index in [4.69, 9.17) is 9.47 Å². The lowest BCUT2D eigenvalue weighted by Crippen LogP contribution is -2.47. The van der Waals surface area contributed by atoms with Gasteiger partial charge in [-0.3, -0.25) is 4.79 Å². The summed E-state index contributed by atoms with van der Waals surface area (Å²) < 4.78 is 11.8. The molecule has 3 rings (SSSR count). The van der Waals surface area contributed by atoms with Crippen molar-refractivity contribution in [3.05, 3.63) is 23.3 Å². The molecular weight excluding hydrogens is 368 g/mol. The van der Waals surface area contributed by atoms with Crippen molar-refractivity contribution in [2.24, 2.45) is 11.8 Å². The van der Waals surface area contributed by atoms with Gasteiger partial charge in [0, 0.05) is 17.4 Å². The van der Waals surface area contributed by atoms with Crippen molar-refractivity contribution in [3.8, 4) is 11.5 Å². The summed E-state index contributed by atoms with van der Waals surface area (Å²) in [5.41, 5.74) is 0.150. The van der Waals surface area contributed by atoms with Gasteiger partial charge in [0.1, 0.15) is 23.4 Å². The Labute approximate surface area is 173 Å². The van der Waals surface area contributed by atoms with E-state index in [1.165, 1.54) is 0 Å². The lowest BCUT2D eigenvalue weighted by Gasteiger charge is -2.48. The first-order chi connectivity index (χ1) is 13.6. The topological polar surface area (TPSA) is 72.8 Å². The van der Waals surface area contributed by atoms with Gasteiger partial charge in [-0.2, -0.15) is 0 Å². The van der Waals surface area contributed by atoms with E-state index in [1.54, 1.807) is 6.07 Å². The highest BCUT2D eigenvalue weighted by Gasteiger charge is 2.48. The van der Waals surface area contributed by atoms with Crippen LogP contribution in [-0.4, -0.2) is 29.6 Å². The lowest BCUT2D eigenvalue weighted by atomic mass is 9.64. The van der Waals surface area contributed by atoms with Gasteiger partial charge in [0.25, 0.3) is 0 Å². The number of aromatic hydroxyl groups is 1. The molecule has 0 saturated heterocycles. The Hall–Kier alpha value is -2.04. The van der Waals surface area contributed by atoms with E-state index < -0.39 is 11.0 Å². The summed E-state index contributed by atoms with van der Waals surface area (Å²) in [4.78, 5) is 24.1. The number of unbranched alkanes of at least 4 members (excludes halogenated alkanes) is 1. The number of rotatable bonds is 6. The minimum Gasteiger partial charge on any atom is -0.508 e. The summed E-state index contributed by atoms with van der Waals surface area (Å²) in [5.74, 6) is 0.788. The summed E-state index contributed by atoms with van der Waals surface area (Å²) in [6, 6.07) is 3.54. The molecule has 1 saturated carbocycles. The number of esters is 1. The maximum absolute atomic E-state index is 12.7. The molecule has 0 aromatic heterocycles. The van der Waals surface area contributed by atoms with Gasteiger partial charge < -0.3 is 19.4 Å². The molecule has 0 spiro atoms. The van der Waals surface area contributed by atoms with E-state index in [0.29, 0.717) is 17.9 Å². The third-order valence-corrected chi connectivity index (χ3v) is 6.80. The van der Waals surface area contributed by atoms with Crippen LogP contribution in [0.1, 0.15) is 83.8 Å². The maximum Gasteiger partial charge on any atom is 0.315 e. The first kappa shape index (κ1) is 21.7. The Kier molecular flexibility index (Phi) is 5.98. The molecular formula is C24H34O5. The van der Waals surface area contributed by atoms with Crippen molar-refractivity contribution in [3.63, 3.8) is 0 Å². The van der Waals surface area contributed by atoms with Crippen molar-refractivity contribution in [2.75, 3.05) is 6.61 Å². The van der Waals surface area contributed by atoms with Crippen LogP contribution in [0.5, 0.6) is 11.5 Å². The predicted molar refractivity (Wildman–Crippen MR) is 111 cm³/mol. The van der Waals surface area contributed by atoms with Gasteiger partial charge in [0.05, 0.1) is 12.0 Å². The summed E-state index contributed by atoms with van der Waals surface area (Å²) in [7, 11) is 0. The van der Waals surface area contributed by atoms with Gasteiger partial charge in [0.15, 0.2) is 0 Å². The van der Waals surface area contributed by atoms with Crippen molar-refractivity contribution in [1.82, 2.24) is 0 Å². The number of benzene rings is 1. The molecule has 29 heavy (non-hydrogen) atoms. The summed E-state index contributed by atoms with van der Waals surface area (Å²) in [5, 5.41) is 10.9. The molecule has 1 aromatic carbocycles. The zero-order chi connectivity index (χ0) is 21.4. The molecule has 1 N–H and O–H groups in total. The Morgan fingerprint density at radius 2 is 2.07 bits per heavy atom. The molecule has 1 aliphatic heterocycles. The van der Waals surface area contributed by atoms with Gasteiger partial charge in [-0.25, -0.2) is 0 Å². The first-order valence-corrected chi connectivity index (χ1v) is 10.8. The molecule has 1 aromatic rings. The van der Waals surface area contributed by atoms with Gasteiger partial charge in [-0.1, -0.05) is 13.3 Å². The number of carbonyl (C=O) groups excluding carboxylic acids is 2. The Balaban J connectivity index is 1.97. The highest BCUT2D eigenvalue weighted by Crippen LogP contribution is 2.55. The molecule has 2 aliphatic rings. The monoisotopic (exact) mass is 402 g/mol. The number of hydrogen-bond acceptors (Lipinski definition) is 5. The van der Waals surface area contributed by atoms with Crippen molar-refractivity contribution >= 4 is 12.3 Å². The quantitative estimate of drug-likeness (QED) is 0.417. The van der Waals surface area contributed by atoms with E-state index in [9.17, 15) is 14.7 Å². The largest absolute Gasteiger partial charge is 0.508 e. The number of carbonyl (C=O) groups is 2. The van der Waals surface area contributed by atoms with Crippen LogP contribution in [0.2, 0.25) is 0 Å². The highest BCUT2D eigenvalue weighted by molar-refractivity contribution is 5.82.